The van der Waals surface area contributed by atoms with Crippen molar-refractivity contribution in [3.63, 3.8) is 0 Å². The third-order valence-corrected chi connectivity index (χ3v) is 3.49. The van der Waals surface area contributed by atoms with E-state index in [0.29, 0.717) is 12.2 Å². The first-order valence-corrected chi connectivity index (χ1v) is 6.57. The highest BCUT2D eigenvalue weighted by atomic mass is 19.1. The number of hydrogen-bond donors (Lipinski definition) is 0. The van der Waals surface area contributed by atoms with Crippen LogP contribution in [0.15, 0.2) is 18.2 Å². The summed E-state index contributed by atoms with van der Waals surface area (Å²) < 4.78 is 24.2. The first-order chi connectivity index (χ1) is 9.22. The molecule has 0 spiro atoms. The second kappa shape index (κ2) is 6.53. The van der Waals surface area contributed by atoms with E-state index in [1.54, 1.807) is 13.2 Å². The minimum absolute atomic E-state index is 0.0735. The van der Waals surface area contributed by atoms with Gasteiger partial charge in [0.15, 0.2) is 0 Å². The van der Waals surface area contributed by atoms with E-state index in [0.717, 1.165) is 31.2 Å². The number of nitriles is 1. The highest BCUT2D eigenvalue weighted by molar-refractivity contribution is 5.34. The molecule has 1 aromatic carbocycles. The molecule has 0 amide bonds. The molecule has 1 saturated heterocycles. The maximum atomic E-state index is 13.2. The van der Waals surface area contributed by atoms with Gasteiger partial charge in [0.2, 0.25) is 0 Å². The smallest absolute Gasteiger partial charge is 0.123 e. The van der Waals surface area contributed by atoms with E-state index in [9.17, 15) is 4.39 Å². The SMILES string of the molecule is COc1ccc(F)cc1CC[C@@H]1CC[C@H](CC#N)O1. The van der Waals surface area contributed by atoms with Crippen molar-refractivity contribution in [3.05, 3.63) is 29.6 Å². The topological polar surface area (TPSA) is 42.2 Å². The first kappa shape index (κ1) is 13.8. The number of ether oxygens (including phenoxy) is 2. The third-order valence-electron chi connectivity index (χ3n) is 3.49. The summed E-state index contributed by atoms with van der Waals surface area (Å²) in [5.41, 5.74) is 0.870. The van der Waals surface area contributed by atoms with Crippen molar-refractivity contribution >= 4 is 0 Å². The minimum Gasteiger partial charge on any atom is -0.496 e. The fourth-order valence-corrected chi connectivity index (χ4v) is 2.50. The van der Waals surface area contributed by atoms with Gasteiger partial charge in [0.05, 0.1) is 31.8 Å². The van der Waals surface area contributed by atoms with Crippen LogP contribution in [-0.4, -0.2) is 19.3 Å². The Bertz CT molecular complexity index is 470. The zero-order chi connectivity index (χ0) is 13.7. The predicted octanol–water partition coefficient (Wildman–Crippen LogP) is 3.23. The molecule has 0 radical (unpaired) electrons. The van der Waals surface area contributed by atoms with E-state index in [1.807, 2.05) is 0 Å². The number of nitrogens with zero attached hydrogens (tertiary/aromatic N) is 1. The Kier molecular flexibility index (Phi) is 4.75. The molecule has 1 fully saturated rings. The highest BCUT2D eigenvalue weighted by Crippen LogP contribution is 2.27. The van der Waals surface area contributed by atoms with Gasteiger partial charge in [0.1, 0.15) is 11.6 Å². The summed E-state index contributed by atoms with van der Waals surface area (Å²) in [6, 6.07) is 6.70. The van der Waals surface area contributed by atoms with Gasteiger partial charge in [-0.25, -0.2) is 4.39 Å². The van der Waals surface area contributed by atoms with Gasteiger partial charge in [-0.15, -0.1) is 0 Å². The third kappa shape index (κ3) is 3.68. The molecule has 0 N–H and O–H groups in total. The number of rotatable bonds is 5. The van der Waals surface area contributed by atoms with Crippen LogP contribution in [0.1, 0.15) is 31.2 Å². The Morgan fingerprint density at radius 1 is 1.42 bits per heavy atom. The molecular formula is C15H18FNO2. The molecule has 1 aromatic rings. The predicted molar refractivity (Wildman–Crippen MR) is 69.4 cm³/mol. The summed E-state index contributed by atoms with van der Waals surface area (Å²) in [5.74, 6) is 0.471. The average molecular weight is 263 g/mol. The van der Waals surface area contributed by atoms with E-state index < -0.39 is 0 Å². The molecule has 2 atom stereocenters. The number of hydrogen-bond acceptors (Lipinski definition) is 3. The van der Waals surface area contributed by atoms with Gasteiger partial charge in [-0.3, -0.25) is 0 Å². The molecule has 0 saturated carbocycles. The van der Waals surface area contributed by atoms with Crippen molar-refractivity contribution in [2.45, 2.75) is 44.3 Å². The van der Waals surface area contributed by atoms with E-state index in [2.05, 4.69) is 6.07 Å². The van der Waals surface area contributed by atoms with E-state index >= 15 is 0 Å². The Hall–Kier alpha value is -1.60. The van der Waals surface area contributed by atoms with Crippen molar-refractivity contribution in [3.8, 4) is 11.8 Å². The number of methoxy groups -OCH3 is 1. The number of halogens is 1. The molecule has 1 aliphatic rings. The first-order valence-electron chi connectivity index (χ1n) is 6.57. The molecule has 0 aromatic heterocycles. The Morgan fingerprint density at radius 3 is 2.95 bits per heavy atom. The van der Waals surface area contributed by atoms with E-state index in [-0.39, 0.29) is 18.0 Å². The van der Waals surface area contributed by atoms with Gasteiger partial charge < -0.3 is 9.47 Å². The lowest BCUT2D eigenvalue weighted by Crippen LogP contribution is -2.11. The molecule has 0 aliphatic carbocycles. The monoisotopic (exact) mass is 263 g/mol. The molecule has 0 unspecified atom stereocenters. The fourth-order valence-electron chi connectivity index (χ4n) is 2.50. The lowest BCUT2D eigenvalue weighted by atomic mass is 10.0. The summed E-state index contributed by atoms with van der Waals surface area (Å²) in [4.78, 5) is 0. The molecule has 1 heterocycles. The molecule has 2 rings (SSSR count). The Morgan fingerprint density at radius 2 is 2.21 bits per heavy atom. The lowest BCUT2D eigenvalue weighted by molar-refractivity contribution is 0.0435. The molecule has 4 heteroatoms. The van der Waals surface area contributed by atoms with Gasteiger partial charge >= 0.3 is 0 Å². The van der Waals surface area contributed by atoms with Crippen LogP contribution in [-0.2, 0) is 11.2 Å². The normalized spacial score (nSPS) is 22.2. The van der Waals surface area contributed by atoms with Gasteiger partial charge in [0.25, 0.3) is 0 Å². The van der Waals surface area contributed by atoms with Crippen molar-refractivity contribution < 1.29 is 13.9 Å². The van der Waals surface area contributed by atoms with Crippen molar-refractivity contribution in [2.75, 3.05) is 7.11 Å². The maximum Gasteiger partial charge on any atom is 0.123 e. The molecule has 102 valence electrons. The van der Waals surface area contributed by atoms with Crippen LogP contribution in [0.4, 0.5) is 4.39 Å². The van der Waals surface area contributed by atoms with Crippen LogP contribution in [0, 0.1) is 17.1 Å². The largest absolute Gasteiger partial charge is 0.496 e. The highest BCUT2D eigenvalue weighted by Gasteiger charge is 2.24. The molecule has 0 bridgehead atoms. The molecule has 3 nitrogen and oxygen atoms in total. The molecular weight excluding hydrogens is 245 g/mol. The fraction of sp³-hybridized carbons (Fsp3) is 0.533. The Labute approximate surface area is 112 Å². The van der Waals surface area contributed by atoms with Gasteiger partial charge in [-0.05, 0) is 49.4 Å². The van der Waals surface area contributed by atoms with E-state index in [1.165, 1.54) is 12.1 Å². The summed E-state index contributed by atoms with van der Waals surface area (Å²) >= 11 is 0. The summed E-state index contributed by atoms with van der Waals surface area (Å²) in [6.45, 7) is 0. The van der Waals surface area contributed by atoms with Crippen LogP contribution in [0.5, 0.6) is 5.75 Å². The van der Waals surface area contributed by atoms with Crippen LogP contribution in [0.25, 0.3) is 0 Å². The minimum atomic E-state index is -0.245. The van der Waals surface area contributed by atoms with Crippen LogP contribution >= 0.6 is 0 Å². The lowest BCUT2D eigenvalue weighted by Gasteiger charge is -2.13. The van der Waals surface area contributed by atoms with Crippen molar-refractivity contribution in [2.24, 2.45) is 0 Å². The standard InChI is InChI=1S/C15H18FNO2/c1-18-15-7-3-12(16)10-11(15)2-4-13-5-6-14(19-13)8-9-17/h3,7,10,13-14H,2,4-6,8H2,1H3/t13-,14-/m1/s1. The van der Waals surface area contributed by atoms with Crippen LogP contribution in [0.2, 0.25) is 0 Å². The second-order valence-corrected chi connectivity index (χ2v) is 4.81. The van der Waals surface area contributed by atoms with Gasteiger partial charge in [-0.2, -0.15) is 5.26 Å². The van der Waals surface area contributed by atoms with E-state index in [4.69, 9.17) is 14.7 Å². The summed E-state index contributed by atoms with van der Waals surface area (Å²) in [5, 5.41) is 8.63. The number of aryl methyl sites for hydroxylation is 1. The zero-order valence-electron chi connectivity index (χ0n) is 11.1. The van der Waals surface area contributed by atoms with Crippen LogP contribution in [0.3, 0.4) is 0 Å². The molecule has 19 heavy (non-hydrogen) atoms. The zero-order valence-corrected chi connectivity index (χ0v) is 11.1. The van der Waals surface area contributed by atoms with Gasteiger partial charge in [0, 0.05) is 0 Å². The van der Waals surface area contributed by atoms with Crippen molar-refractivity contribution in [1.29, 1.82) is 5.26 Å². The van der Waals surface area contributed by atoms with Crippen LogP contribution < -0.4 is 4.74 Å². The maximum absolute atomic E-state index is 13.2. The average Bonchev–Trinajstić information content (AvgIpc) is 2.85. The van der Waals surface area contributed by atoms with Gasteiger partial charge in [-0.1, -0.05) is 0 Å². The second-order valence-electron chi connectivity index (χ2n) is 4.81. The summed E-state index contributed by atoms with van der Waals surface area (Å²) in [6.07, 6.45) is 4.19. The Balaban J connectivity index is 1.89. The van der Waals surface area contributed by atoms with Crippen molar-refractivity contribution in [1.82, 2.24) is 0 Å². The molecule has 1 aliphatic heterocycles. The quantitative estimate of drug-likeness (QED) is 0.819. The summed E-state index contributed by atoms with van der Waals surface area (Å²) in [7, 11) is 1.59. The number of benzene rings is 1.